The molecule has 1 aromatic heterocycles. The van der Waals surface area contributed by atoms with E-state index in [0.717, 1.165) is 11.1 Å². The number of hydrogen-bond acceptors (Lipinski definition) is 15. The molecule has 2 saturated heterocycles. The Bertz CT molecular complexity index is 1430. The van der Waals surface area contributed by atoms with Crippen molar-refractivity contribution in [3.05, 3.63) is 78.1 Å². The number of hydrogen-bond donors (Lipinski definition) is 0. The molecule has 2 aromatic rings. The zero-order valence-corrected chi connectivity index (χ0v) is 24.5. The van der Waals surface area contributed by atoms with E-state index < -0.39 is 65.5 Å². The van der Waals surface area contributed by atoms with E-state index in [1.807, 2.05) is 12.1 Å². The van der Waals surface area contributed by atoms with Crippen molar-refractivity contribution in [1.82, 2.24) is 4.98 Å². The van der Waals surface area contributed by atoms with Gasteiger partial charge in [0.25, 0.3) is 10.2 Å². The second kappa shape index (κ2) is 14.2. The molecule has 6 atom stereocenters. The monoisotopic (exact) mass is 653 g/mol. The summed E-state index contributed by atoms with van der Waals surface area (Å²) in [5, 5.41) is 19.3. The molecule has 2 fully saturated rings. The molecule has 0 amide bonds. The molecule has 4 heterocycles. The summed E-state index contributed by atoms with van der Waals surface area (Å²) in [6, 6.07) is 7.21. The maximum Gasteiger partial charge on any atom is 0.514 e. The molecule has 0 N–H and O–H groups in total. The molecule has 45 heavy (non-hydrogen) atoms. The van der Waals surface area contributed by atoms with E-state index in [2.05, 4.69) is 14.7 Å². The summed E-state index contributed by atoms with van der Waals surface area (Å²) in [5.41, 5.74) is 2.77. The molecule has 5 rings (SSSR count). The minimum absolute atomic E-state index is 0.0155. The van der Waals surface area contributed by atoms with Crippen LogP contribution >= 0.6 is 11.6 Å². The van der Waals surface area contributed by atoms with E-state index in [4.69, 9.17) is 40.0 Å². The van der Waals surface area contributed by atoms with Crippen LogP contribution in [0.1, 0.15) is 47.8 Å². The lowest BCUT2D eigenvalue weighted by Crippen LogP contribution is -2.36. The summed E-state index contributed by atoms with van der Waals surface area (Å²) < 4.78 is 34.0. The Morgan fingerprint density at radius 1 is 1.04 bits per heavy atom. The predicted octanol–water partition coefficient (Wildman–Crippen LogP) is 3.21. The molecule has 1 unspecified atom stereocenters. The summed E-state index contributed by atoms with van der Waals surface area (Å²) in [5.74, 6) is -0.411. The van der Waals surface area contributed by atoms with E-state index in [0.29, 0.717) is 16.3 Å². The molecule has 0 radical (unpaired) electrons. The first-order valence-corrected chi connectivity index (χ1v) is 14.2. The van der Waals surface area contributed by atoms with Crippen LogP contribution in [0.2, 0.25) is 5.02 Å². The van der Waals surface area contributed by atoms with Crippen molar-refractivity contribution in [3.8, 4) is 5.75 Å². The van der Waals surface area contributed by atoms with Crippen LogP contribution in [-0.4, -0.2) is 77.6 Å². The van der Waals surface area contributed by atoms with Crippen LogP contribution in [0.15, 0.2) is 30.5 Å². The number of pyridine rings is 1. The van der Waals surface area contributed by atoms with Gasteiger partial charge in [0, 0.05) is 28.8 Å². The third-order valence-corrected chi connectivity index (χ3v) is 7.64. The SMILES string of the molecule is Cc1ncc2c(c1OC(=O)O[C@@H]1CO[C@H]3[C@@H]1OC[C@@H]3OC(=O)CCCC(CO[N+](=O)[O-])O[N+](=O)[O-])CO[C@H]2c1ccc(Cl)cc1. The quantitative estimate of drug-likeness (QED) is 0.173. The normalized spacial score (nSPS) is 23.8. The Morgan fingerprint density at radius 3 is 2.40 bits per heavy atom. The summed E-state index contributed by atoms with van der Waals surface area (Å²) in [6.07, 6.45) is -4.16. The standard InChI is InChI=1S/C27H28ClN3O14/c1-14-23(19-11-38-24(18(19)9-29-14)15-5-7-16(28)8-6-15)44-27(33)43-21-13-40-25-20(12-39-26(21)25)42-22(32)4-2-3-17(45-31(36)37)10-41-30(34)35/h5-9,17,20-21,24-26H,2-4,10-13H2,1H3/t17?,20-,21+,24-,25+,26+/m0/s1. The van der Waals surface area contributed by atoms with Gasteiger partial charge >= 0.3 is 12.1 Å². The largest absolute Gasteiger partial charge is 0.514 e. The van der Waals surface area contributed by atoms with E-state index in [-0.39, 0.29) is 44.8 Å². The molecule has 0 bridgehead atoms. The Labute approximate surface area is 259 Å². The lowest BCUT2D eigenvalue weighted by Gasteiger charge is -2.18. The lowest BCUT2D eigenvalue weighted by atomic mass is 10.0. The number of carbonyl (C=O) groups is 2. The number of ether oxygens (including phenoxy) is 6. The first-order chi connectivity index (χ1) is 21.6. The molecule has 242 valence electrons. The highest BCUT2D eigenvalue weighted by molar-refractivity contribution is 6.30. The van der Waals surface area contributed by atoms with Gasteiger partial charge in [-0.05, 0) is 37.5 Å². The highest BCUT2D eigenvalue weighted by Crippen LogP contribution is 2.41. The molecule has 3 aliphatic rings. The van der Waals surface area contributed by atoms with Crippen molar-refractivity contribution in [3.63, 3.8) is 0 Å². The zero-order valence-electron chi connectivity index (χ0n) is 23.7. The number of halogens is 1. The van der Waals surface area contributed by atoms with Crippen LogP contribution in [0.5, 0.6) is 5.75 Å². The highest BCUT2D eigenvalue weighted by Gasteiger charge is 2.51. The molecule has 0 saturated carbocycles. The summed E-state index contributed by atoms with van der Waals surface area (Å²) in [4.78, 5) is 59.0. The number of fused-ring (bicyclic) bond motifs is 2. The van der Waals surface area contributed by atoms with Crippen LogP contribution in [0, 0.1) is 27.2 Å². The molecule has 18 heteroatoms. The first-order valence-electron chi connectivity index (χ1n) is 13.8. The van der Waals surface area contributed by atoms with Crippen LogP contribution in [0.3, 0.4) is 0 Å². The maximum absolute atomic E-state index is 12.9. The van der Waals surface area contributed by atoms with Crippen molar-refractivity contribution < 1.29 is 57.9 Å². The van der Waals surface area contributed by atoms with Gasteiger partial charge in [0.15, 0.2) is 18.0 Å². The average molecular weight is 654 g/mol. The van der Waals surface area contributed by atoms with Gasteiger partial charge in [-0.3, -0.25) is 9.78 Å². The van der Waals surface area contributed by atoms with Gasteiger partial charge in [-0.2, -0.15) is 0 Å². The number of carbonyl (C=O) groups excluding carboxylic acids is 2. The third kappa shape index (κ3) is 7.86. The second-order valence-electron chi connectivity index (χ2n) is 10.3. The fraction of sp³-hybridized carbons (Fsp3) is 0.519. The minimum atomic E-state index is -1.23. The molecule has 0 spiro atoms. The topological polar surface area (TPSA) is 207 Å². The van der Waals surface area contributed by atoms with Crippen LogP contribution < -0.4 is 4.74 Å². The Balaban J connectivity index is 1.11. The molecular formula is C27H28ClN3O14. The van der Waals surface area contributed by atoms with Gasteiger partial charge < -0.3 is 38.1 Å². The summed E-state index contributed by atoms with van der Waals surface area (Å²) in [6.45, 7) is 1.18. The molecular weight excluding hydrogens is 626 g/mol. The Kier molecular flexibility index (Phi) is 10.1. The lowest BCUT2D eigenvalue weighted by molar-refractivity contribution is -0.790. The van der Waals surface area contributed by atoms with Crippen LogP contribution in [0.25, 0.3) is 0 Å². The second-order valence-corrected chi connectivity index (χ2v) is 10.8. The van der Waals surface area contributed by atoms with Gasteiger partial charge in [-0.1, -0.05) is 23.7 Å². The summed E-state index contributed by atoms with van der Waals surface area (Å²) in [7, 11) is 0. The van der Waals surface area contributed by atoms with Gasteiger partial charge in [-0.25, -0.2) is 4.79 Å². The number of aromatic nitrogens is 1. The smallest absolute Gasteiger partial charge is 0.457 e. The van der Waals surface area contributed by atoms with Gasteiger partial charge in [0.2, 0.25) is 0 Å². The fourth-order valence-corrected chi connectivity index (χ4v) is 5.45. The van der Waals surface area contributed by atoms with Crippen molar-refractivity contribution >= 4 is 23.7 Å². The number of nitrogens with zero attached hydrogens (tertiary/aromatic N) is 3. The Morgan fingerprint density at radius 2 is 1.73 bits per heavy atom. The molecule has 0 aliphatic carbocycles. The number of rotatable bonds is 13. The van der Waals surface area contributed by atoms with Crippen LogP contribution in [0.4, 0.5) is 4.79 Å². The van der Waals surface area contributed by atoms with Crippen molar-refractivity contribution in [2.24, 2.45) is 0 Å². The van der Waals surface area contributed by atoms with Gasteiger partial charge in [0.05, 0.1) is 25.5 Å². The summed E-state index contributed by atoms with van der Waals surface area (Å²) >= 11 is 6.01. The zero-order chi connectivity index (χ0) is 32.1. The molecule has 3 aliphatic heterocycles. The number of aryl methyl sites for hydroxylation is 1. The highest BCUT2D eigenvalue weighted by atomic mass is 35.5. The fourth-order valence-electron chi connectivity index (χ4n) is 5.33. The van der Waals surface area contributed by atoms with Crippen molar-refractivity contribution in [2.45, 2.75) is 69.4 Å². The minimum Gasteiger partial charge on any atom is -0.457 e. The third-order valence-electron chi connectivity index (χ3n) is 7.38. The Hall–Kier alpha value is -4.32. The predicted molar refractivity (Wildman–Crippen MR) is 146 cm³/mol. The first kappa shape index (κ1) is 32.1. The van der Waals surface area contributed by atoms with Gasteiger partial charge in [-0.15, -0.1) is 20.2 Å². The van der Waals surface area contributed by atoms with E-state index >= 15 is 0 Å². The van der Waals surface area contributed by atoms with Crippen molar-refractivity contribution in [1.29, 1.82) is 0 Å². The maximum atomic E-state index is 12.9. The molecule has 1 aromatic carbocycles. The number of esters is 1. The molecule has 17 nitrogen and oxygen atoms in total. The van der Waals surface area contributed by atoms with Gasteiger partial charge in [0.1, 0.15) is 31.0 Å². The van der Waals surface area contributed by atoms with Crippen molar-refractivity contribution in [2.75, 3.05) is 19.8 Å². The van der Waals surface area contributed by atoms with E-state index in [1.165, 1.54) is 0 Å². The average Bonchev–Trinajstić information content (AvgIpc) is 3.70. The van der Waals surface area contributed by atoms with E-state index in [1.54, 1.807) is 25.3 Å². The van der Waals surface area contributed by atoms with Crippen LogP contribution in [-0.2, 0) is 44.8 Å². The van der Waals surface area contributed by atoms with E-state index in [9.17, 15) is 29.8 Å². The number of benzene rings is 1.